The predicted molar refractivity (Wildman–Crippen MR) is 114 cm³/mol. The van der Waals surface area contributed by atoms with E-state index < -0.39 is 21.7 Å². The molecule has 0 saturated carbocycles. The van der Waals surface area contributed by atoms with E-state index in [1.807, 2.05) is 0 Å². The second-order valence-electron chi connectivity index (χ2n) is 6.39. The Morgan fingerprint density at radius 3 is 2.37 bits per heavy atom. The van der Waals surface area contributed by atoms with E-state index >= 15 is 0 Å². The number of ether oxygens (including phenoxy) is 1. The van der Waals surface area contributed by atoms with Crippen LogP contribution in [0.4, 0.5) is 15.8 Å². The van der Waals surface area contributed by atoms with Crippen LogP contribution in [0.1, 0.15) is 15.9 Å². The summed E-state index contributed by atoms with van der Waals surface area (Å²) in [6, 6.07) is 14.1. The van der Waals surface area contributed by atoms with Gasteiger partial charge in [0.05, 0.1) is 12.1 Å². The standard InChI is InChI=1S/C21H18ClFN2O4S/c1-13-11-15(23)4-10-19(13)24-21(26)14-3-9-18(22)20(12-14)30(27,28)25-16-5-7-17(29-2)8-6-16/h3-12,25H,1-2H3,(H,24,26). The maximum Gasteiger partial charge on any atom is 0.263 e. The molecule has 0 heterocycles. The Labute approximate surface area is 178 Å². The van der Waals surface area contributed by atoms with E-state index in [0.717, 1.165) is 0 Å². The molecule has 6 nitrogen and oxygen atoms in total. The topological polar surface area (TPSA) is 84.5 Å². The number of sulfonamides is 1. The lowest BCUT2D eigenvalue weighted by atomic mass is 10.1. The maximum atomic E-state index is 13.2. The first-order valence-electron chi connectivity index (χ1n) is 8.73. The van der Waals surface area contributed by atoms with E-state index in [2.05, 4.69) is 10.0 Å². The molecule has 1 amide bonds. The van der Waals surface area contributed by atoms with Crippen molar-refractivity contribution in [2.45, 2.75) is 11.8 Å². The van der Waals surface area contributed by atoms with Gasteiger partial charge in [0, 0.05) is 16.9 Å². The van der Waals surface area contributed by atoms with Gasteiger partial charge in [-0.25, -0.2) is 12.8 Å². The lowest BCUT2D eigenvalue weighted by Gasteiger charge is -2.12. The van der Waals surface area contributed by atoms with Crippen LogP contribution in [0.5, 0.6) is 5.75 Å². The van der Waals surface area contributed by atoms with E-state index in [0.29, 0.717) is 22.7 Å². The number of anilines is 2. The average molecular weight is 449 g/mol. The highest BCUT2D eigenvalue weighted by Gasteiger charge is 2.21. The molecular formula is C21H18ClFN2O4S. The van der Waals surface area contributed by atoms with Crippen LogP contribution in [0, 0.1) is 12.7 Å². The highest BCUT2D eigenvalue weighted by molar-refractivity contribution is 7.92. The maximum absolute atomic E-state index is 13.2. The SMILES string of the molecule is COc1ccc(NS(=O)(=O)c2cc(C(=O)Nc3ccc(F)cc3C)ccc2Cl)cc1. The van der Waals surface area contributed by atoms with Gasteiger partial charge >= 0.3 is 0 Å². The number of aryl methyl sites for hydroxylation is 1. The second-order valence-corrected chi connectivity index (χ2v) is 8.45. The number of halogens is 2. The van der Waals surface area contributed by atoms with Crippen LogP contribution in [-0.4, -0.2) is 21.4 Å². The minimum Gasteiger partial charge on any atom is -0.497 e. The Balaban J connectivity index is 1.86. The summed E-state index contributed by atoms with van der Waals surface area (Å²) in [5.74, 6) is -0.400. The third-order valence-electron chi connectivity index (χ3n) is 4.26. The van der Waals surface area contributed by atoms with Crippen LogP contribution in [0.2, 0.25) is 5.02 Å². The molecule has 0 fully saturated rings. The van der Waals surface area contributed by atoms with Crippen molar-refractivity contribution in [3.8, 4) is 5.75 Å². The molecule has 0 bridgehead atoms. The van der Waals surface area contributed by atoms with Crippen molar-refractivity contribution in [2.24, 2.45) is 0 Å². The summed E-state index contributed by atoms with van der Waals surface area (Å²) in [6.45, 7) is 1.65. The largest absolute Gasteiger partial charge is 0.497 e. The van der Waals surface area contributed by atoms with Gasteiger partial charge in [-0.05, 0) is 73.2 Å². The number of nitrogens with one attached hydrogen (secondary N) is 2. The van der Waals surface area contributed by atoms with E-state index in [4.69, 9.17) is 16.3 Å². The van der Waals surface area contributed by atoms with Crippen molar-refractivity contribution in [3.63, 3.8) is 0 Å². The van der Waals surface area contributed by atoms with Gasteiger partial charge in [-0.2, -0.15) is 0 Å². The zero-order chi connectivity index (χ0) is 21.9. The monoisotopic (exact) mass is 448 g/mol. The van der Waals surface area contributed by atoms with Crippen LogP contribution in [-0.2, 0) is 10.0 Å². The number of carbonyl (C=O) groups excluding carboxylic acids is 1. The molecule has 0 saturated heterocycles. The zero-order valence-electron chi connectivity index (χ0n) is 16.1. The molecule has 0 spiro atoms. The third-order valence-corrected chi connectivity index (χ3v) is 6.12. The molecule has 30 heavy (non-hydrogen) atoms. The molecule has 0 unspecified atom stereocenters. The number of methoxy groups -OCH3 is 1. The van der Waals surface area contributed by atoms with Crippen molar-refractivity contribution in [2.75, 3.05) is 17.1 Å². The third kappa shape index (κ3) is 4.90. The summed E-state index contributed by atoms with van der Waals surface area (Å²) in [4.78, 5) is 12.3. The number of amides is 1. The summed E-state index contributed by atoms with van der Waals surface area (Å²) in [5.41, 5.74) is 1.34. The minimum atomic E-state index is -4.06. The van der Waals surface area contributed by atoms with Crippen LogP contribution >= 0.6 is 11.6 Å². The van der Waals surface area contributed by atoms with Crippen LogP contribution < -0.4 is 14.8 Å². The van der Waals surface area contributed by atoms with Crippen LogP contribution in [0.3, 0.4) is 0 Å². The fraction of sp³-hybridized carbons (Fsp3) is 0.0952. The molecule has 0 aliphatic carbocycles. The van der Waals surface area contributed by atoms with Crippen molar-refractivity contribution >= 4 is 38.9 Å². The molecule has 0 radical (unpaired) electrons. The van der Waals surface area contributed by atoms with Crippen molar-refractivity contribution < 1.29 is 22.3 Å². The van der Waals surface area contributed by atoms with Gasteiger partial charge in [0.25, 0.3) is 15.9 Å². The lowest BCUT2D eigenvalue weighted by molar-refractivity contribution is 0.102. The van der Waals surface area contributed by atoms with E-state index in [-0.39, 0.29) is 15.5 Å². The van der Waals surface area contributed by atoms with Crippen LogP contribution in [0.25, 0.3) is 0 Å². The molecule has 3 rings (SSSR count). The highest BCUT2D eigenvalue weighted by atomic mass is 35.5. The molecule has 3 aromatic carbocycles. The number of hydrogen-bond donors (Lipinski definition) is 2. The van der Waals surface area contributed by atoms with E-state index in [1.54, 1.807) is 19.1 Å². The van der Waals surface area contributed by atoms with Crippen molar-refractivity contribution in [1.82, 2.24) is 0 Å². The summed E-state index contributed by atoms with van der Waals surface area (Å²) in [6.07, 6.45) is 0. The Bertz CT molecular complexity index is 1200. The van der Waals surface area contributed by atoms with Gasteiger partial charge in [-0.3, -0.25) is 9.52 Å². The first-order valence-corrected chi connectivity index (χ1v) is 10.6. The molecular weight excluding hydrogens is 431 g/mol. The quantitative estimate of drug-likeness (QED) is 0.564. The van der Waals surface area contributed by atoms with Crippen LogP contribution in [0.15, 0.2) is 65.6 Å². The molecule has 156 valence electrons. The number of rotatable bonds is 6. The fourth-order valence-electron chi connectivity index (χ4n) is 2.68. The Kier molecular flexibility index (Phi) is 6.28. The first-order chi connectivity index (χ1) is 14.2. The van der Waals surface area contributed by atoms with Gasteiger partial charge in [0.2, 0.25) is 0 Å². The highest BCUT2D eigenvalue weighted by Crippen LogP contribution is 2.26. The number of benzene rings is 3. The van der Waals surface area contributed by atoms with Gasteiger partial charge < -0.3 is 10.1 Å². The number of carbonyl (C=O) groups is 1. The van der Waals surface area contributed by atoms with Gasteiger partial charge in [-0.15, -0.1) is 0 Å². The van der Waals surface area contributed by atoms with Crippen molar-refractivity contribution in [3.05, 3.63) is 82.6 Å². The second kappa shape index (κ2) is 8.73. The van der Waals surface area contributed by atoms with Gasteiger partial charge in [-0.1, -0.05) is 11.6 Å². The molecule has 2 N–H and O–H groups in total. The number of hydrogen-bond acceptors (Lipinski definition) is 4. The van der Waals surface area contributed by atoms with Crippen molar-refractivity contribution in [1.29, 1.82) is 0 Å². The Hall–Kier alpha value is -3.10. The zero-order valence-corrected chi connectivity index (χ0v) is 17.6. The molecule has 9 heteroatoms. The summed E-state index contributed by atoms with van der Waals surface area (Å²) in [5, 5.41) is 2.60. The fourth-order valence-corrected chi connectivity index (χ4v) is 4.27. The average Bonchev–Trinajstić information content (AvgIpc) is 2.70. The molecule has 0 aliphatic heterocycles. The molecule has 0 aliphatic rings. The summed E-state index contributed by atoms with van der Waals surface area (Å²) < 4.78 is 46.3. The molecule has 0 aromatic heterocycles. The molecule has 3 aromatic rings. The minimum absolute atomic E-state index is 0.0366. The first kappa shape index (κ1) is 21.6. The lowest BCUT2D eigenvalue weighted by Crippen LogP contribution is -2.17. The normalized spacial score (nSPS) is 11.1. The van der Waals surface area contributed by atoms with E-state index in [9.17, 15) is 17.6 Å². The Morgan fingerprint density at radius 2 is 1.73 bits per heavy atom. The molecule has 0 atom stereocenters. The summed E-state index contributed by atoms with van der Waals surface area (Å²) in [7, 11) is -2.56. The van der Waals surface area contributed by atoms with Gasteiger partial charge in [0.1, 0.15) is 16.5 Å². The van der Waals surface area contributed by atoms with Gasteiger partial charge in [0.15, 0.2) is 0 Å². The Morgan fingerprint density at radius 1 is 1.03 bits per heavy atom. The predicted octanol–water partition coefficient (Wildman–Crippen LogP) is 4.85. The summed E-state index contributed by atoms with van der Waals surface area (Å²) >= 11 is 6.09. The smallest absolute Gasteiger partial charge is 0.263 e. The van der Waals surface area contributed by atoms with E-state index in [1.165, 1.54) is 55.6 Å².